The van der Waals surface area contributed by atoms with Crippen LogP contribution in [0.1, 0.15) is 6.92 Å². The second kappa shape index (κ2) is 10.2. The maximum absolute atomic E-state index is 9.90. The molecule has 0 aliphatic carbocycles. The van der Waals surface area contributed by atoms with Crippen LogP contribution in [0.25, 0.3) is 0 Å². The summed E-state index contributed by atoms with van der Waals surface area (Å²) in [6, 6.07) is 0. The molecule has 122 valence electrons. The molecule has 0 aromatic heterocycles. The first-order valence-corrected chi connectivity index (χ1v) is 15.6. The zero-order valence-electron chi connectivity index (χ0n) is 14.2. The summed E-state index contributed by atoms with van der Waals surface area (Å²) >= 11 is 0. The Kier molecular flexibility index (Phi) is 10.5. The molecule has 0 aliphatic heterocycles. The zero-order chi connectivity index (χ0) is 15.8. The largest absolute Gasteiger partial charge is 0.438 e. The number of rotatable bonds is 11. The minimum atomic E-state index is -2.21. The summed E-state index contributed by atoms with van der Waals surface area (Å²) in [5, 5.41) is 9.90. The van der Waals surface area contributed by atoms with Crippen LogP contribution in [0.15, 0.2) is 0 Å². The summed E-state index contributed by atoms with van der Waals surface area (Å²) in [7, 11) is -2.51. The highest BCUT2D eigenvalue weighted by atomic mass is 28.5. The summed E-state index contributed by atoms with van der Waals surface area (Å²) < 4.78 is 17.9. The van der Waals surface area contributed by atoms with E-state index in [1.165, 1.54) is 0 Å². The van der Waals surface area contributed by atoms with Crippen molar-refractivity contribution in [2.75, 3.05) is 33.0 Å². The molecule has 1 unspecified atom stereocenters. The topological polar surface area (TPSA) is 51.2 Å². The SMILES string of the molecule is CCN(C)CC(O)COC[Si](C)(O[SiH](C)C)O[SiH](C)C. The summed E-state index contributed by atoms with van der Waals surface area (Å²) in [5.41, 5.74) is 0. The van der Waals surface area contributed by atoms with Crippen molar-refractivity contribution in [3.63, 3.8) is 0 Å². The standard InChI is InChI=1S/C12H33NO4Si3/c1-8-13(2)9-12(14)10-15-11-20(7,16-18(3)4)17-19(5)6/h12,14,18-19H,8-11H2,1-7H3. The minimum absolute atomic E-state index is 0.346. The maximum Gasteiger partial charge on any atom is 0.340 e. The van der Waals surface area contributed by atoms with E-state index in [2.05, 4.69) is 44.6 Å². The van der Waals surface area contributed by atoms with Gasteiger partial charge in [0.25, 0.3) is 0 Å². The van der Waals surface area contributed by atoms with Crippen LogP contribution in [0.4, 0.5) is 0 Å². The molecule has 0 spiro atoms. The highest BCUT2D eigenvalue weighted by molar-refractivity contribution is 6.78. The lowest BCUT2D eigenvalue weighted by atomic mass is 10.3. The van der Waals surface area contributed by atoms with Crippen LogP contribution in [0.2, 0.25) is 32.7 Å². The third-order valence-electron chi connectivity index (χ3n) is 2.71. The molecular weight excluding hydrogens is 306 g/mol. The van der Waals surface area contributed by atoms with Crippen molar-refractivity contribution < 1.29 is 18.1 Å². The first-order valence-electron chi connectivity index (χ1n) is 7.48. The van der Waals surface area contributed by atoms with E-state index in [0.717, 1.165) is 6.54 Å². The lowest BCUT2D eigenvalue weighted by Crippen LogP contribution is -2.50. The average Bonchev–Trinajstić information content (AvgIpc) is 2.25. The Labute approximate surface area is 128 Å². The predicted molar refractivity (Wildman–Crippen MR) is 91.5 cm³/mol. The van der Waals surface area contributed by atoms with E-state index in [1.54, 1.807) is 0 Å². The average molecular weight is 340 g/mol. The van der Waals surface area contributed by atoms with Gasteiger partial charge in [0.1, 0.15) is 0 Å². The Morgan fingerprint density at radius 3 is 2.05 bits per heavy atom. The monoisotopic (exact) mass is 339 g/mol. The molecule has 0 radical (unpaired) electrons. The van der Waals surface area contributed by atoms with Crippen molar-refractivity contribution in [3.05, 3.63) is 0 Å². The molecule has 0 aliphatic rings. The summed E-state index contributed by atoms with van der Waals surface area (Å²) in [5.74, 6) is 0. The van der Waals surface area contributed by atoms with Gasteiger partial charge in [0, 0.05) is 6.54 Å². The van der Waals surface area contributed by atoms with Gasteiger partial charge in [0.05, 0.1) is 18.9 Å². The van der Waals surface area contributed by atoms with Gasteiger partial charge in [0.2, 0.25) is 0 Å². The smallest absolute Gasteiger partial charge is 0.340 e. The van der Waals surface area contributed by atoms with Crippen molar-refractivity contribution in [3.8, 4) is 0 Å². The summed E-state index contributed by atoms with van der Waals surface area (Å²) in [4.78, 5) is 2.07. The fourth-order valence-electron chi connectivity index (χ4n) is 2.01. The van der Waals surface area contributed by atoms with Crippen LogP contribution in [0.5, 0.6) is 0 Å². The van der Waals surface area contributed by atoms with E-state index in [9.17, 15) is 5.11 Å². The molecular formula is C12H33NO4Si3. The van der Waals surface area contributed by atoms with Gasteiger partial charge in [0.15, 0.2) is 18.1 Å². The van der Waals surface area contributed by atoms with Gasteiger partial charge < -0.3 is 23.0 Å². The van der Waals surface area contributed by atoms with Crippen molar-refractivity contribution in [2.45, 2.75) is 45.8 Å². The van der Waals surface area contributed by atoms with Gasteiger partial charge in [-0.3, -0.25) is 0 Å². The second-order valence-corrected chi connectivity index (χ2v) is 14.6. The molecule has 0 aromatic carbocycles. The van der Waals surface area contributed by atoms with Gasteiger partial charge in [-0.2, -0.15) is 0 Å². The summed E-state index contributed by atoms with van der Waals surface area (Å²) in [6.45, 7) is 14.7. The van der Waals surface area contributed by atoms with Crippen LogP contribution in [-0.2, 0) is 13.0 Å². The number of hydrogen-bond acceptors (Lipinski definition) is 5. The molecule has 0 bridgehead atoms. The molecule has 8 heteroatoms. The van der Waals surface area contributed by atoms with E-state index >= 15 is 0 Å². The number of ether oxygens (including phenoxy) is 1. The van der Waals surface area contributed by atoms with Crippen molar-refractivity contribution in [1.29, 1.82) is 0 Å². The van der Waals surface area contributed by atoms with Crippen LogP contribution in [-0.4, -0.2) is 75.7 Å². The van der Waals surface area contributed by atoms with Crippen LogP contribution in [0.3, 0.4) is 0 Å². The third-order valence-corrected chi connectivity index (χ3v) is 11.2. The fourth-order valence-corrected chi connectivity index (χ4v) is 11.7. The van der Waals surface area contributed by atoms with Gasteiger partial charge >= 0.3 is 8.56 Å². The first-order chi connectivity index (χ1) is 9.18. The molecule has 0 aromatic rings. The second-order valence-electron chi connectivity index (χ2n) is 5.99. The minimum Gasteiger partial charge on any atom is -0.438 e. The molecule has 5 nitrogen and oxygen atoms in total. The van der Waals surface area contributed by atoms with Gasteiger partial charge in [-0.05, 0) is 46.3 Å². The lowest BCUT2D eigenvalue weighted by Gasteiger charge is -2.31. The van der Waals surface area contributed by atoms with Crippen molar-refractivity contribution >= 4 is 26.6 Å². The molecule has 0 fully saturated rings. The number of aliphatic hydroxyl groups excluding tert-OH is 1. The Bertz CT molecular complexity index is 247. The quantitative estimate of drug-likeness (QED) is 0.568. The van der Waals surface area contributed by atoms with Crippen LogP contribution in [0, 0.1) is 0 Å². The van der Waals surface area contributed by atoms with E-state index in [1.807, 2.05) is 7.05 Å². The number of likely N-dealkylation sites (N-methyl/N-ethyl adjacent to an activating group) is 1. The number of aliphatic hydroxyl groups is 1. The third kappa shape index (κ3) is 10.2. The molecule has 0 saturated heterocycles. The number of hydrogen-bond donors (Lipinski definition) is 1. The van der Waals surface area contributed by atoms with Gasteiger partial charge in [-0.1, -0.05) is 6.92 Å². The number of nitrogens with zero attached hydrogens (tertiary/aromatic N) is 1. The molecule has 1 atom stereocenters. The summed E-state index contributed by atoms with van der Waals surface area (Å²) in [6.07, 6.45) is 0.0572. The Morgan fingerprint density at radius 2 is 1.65 bits per heavy atom. The van der Waals surface area contributed by atoms with Crippen molar-refractivity contribution in [2.24, 2.45) is 0 Å². The molecule has 1 N–H and O–H groups in total. The van der Waals surface area contributed by atoms with Crippen molar-refractivity contribution in [1.82, 2.24) is 4.90 Å². The molecule has 20 heavy (non-hydrogen) atoms. The lowest BCUT2D eigenvalue weighted by molar-refractivity contribution is 0.0303. The van der Waals surface area contributed by atoms with E-state index < -0.39 is 32.7 Å². The highest BCUT2D eigenvalue weighted by Crippen LogP contribution is 2.12. The Hall–Kier alpha value is 0.451. The molecule has 0 heterocycles. The van der Waals surface area contributed by atoms with Gasteiger partial charge in [-0.15, -0.1) is 0 Å². The van der Waals surface area contributed by atoms with E-state index in [4.69, 9.17) is 13.0 Å². The highest BCUT2D eigenvalue weighted by Gasteiger charge is 2.34. The Morgan fingerprint density at radius 1 is 1.15 bits per heavy atom. The van der Waals surface area contributed by atoms with E-state index in [-0.39, 0.29) is 0 Å². The first kappa shape index (κ1) is 20.5. The van der Waals surface area contributed by atoms with Crippen LogP contribution >= 0.6 is 0 Å². The Balaban J connectivity index is 4.19. The van der Waals surface area contributed by atoms with Crippen LogP contribution < -0.4 is 0 Å². The van der Waals surface area contributed by atoms with Gasteiger partial charge in [-0.25, -0.2) is 0 Å². The maximum atomic E-state index is 9.90. The molecule has 0 amide bonds. The molecule has 0 saturated carbocycles. The predicted octanol–water partition coefficient (Wildman–Crippen LogP) is 0.927. The zero-order valence-corrected chi connectivity index (χ0v) is 17.5. The molecule has 0 rings (SSSR count). The fraction of sp³-hybridized carbons (Fsp3) is 1.00. The van der Waals surface area contributed by atoms with E-state index in [0.29, 0.717) is 19.4 Å². The normalized spacial score (nSPS) is 14.6.